The Morgan fingerprint density at radius 3 is 2.67 bits per heavy atom. The summed E-state index contributed by atoms with van der Waals surface area (Å²) in [5, 5.41) is 3.01. The molecule has 150 valence electrons. The number of nitrogen functional groups attached to an aromatic ring is 1. The van der Waals surface area contributed by atoms with Crippen LogP contribution in [0.2, 0.25) is 0 Å². The third-order valence-corrected chi connectivity index (χ3v) is 7.52. The van der Waals surface area contributed by atoms with Crippen LogP contribution in [0.3, 0.4) is 0 Å². The summed E-state index contributed by atoms with van der Waals surface area (Å²) < 4.78 is 25.8. The summed E-state index contributed by atoms with van der Waals surface area (Å²) in [6.07, 6.45) is 6.01. The molecule has 0 bridgehead atoms. The second-order valence-corrected chi connectivity index (χ2v) is 9.94. The first kappa shape index (κ1) is 20.1. The zero-order chi connectivity index (χ0) is 19.6. The maximum Gasteiger partial charge on any atom is 0.251 e. The van der Waals surface area contributed by atoms with E-state index >= 15 is 0 Å². The van der Waals surface area contributed by atoms with Gasteiger partial charge in [0.2, 0.25) is 10.0 Å². The second kappa shape index (κ2) is 8.16. The van der Waals surface area contributed by atoms with Gasteiger partial charge in [0.05, 0.1) is 4.90 Å². The number of carbonyl (C=O) groups is 1. The Balaban J connectivity index is 1.70. The highest BCUT2D eigenvalue weighted by Gasteiger charge is 2.33. The third kappa shape index (κ3) is 4.44. The normalized spacial score (nSPS) is 23.8. The molecule has 0 unspecified atom stereocenters. The van der Waals surface area contributed by atoms with Crippen LogP contribution in [0.5, 0.6) is 0 Å². The Morgan fingerprint density at radius 1 is 1.19 bits per heavy atom. The van der Waals surface area contributed by atoms with Crippen LogP contribution in [-0.4, -0.2) is 63.3 Å². The number of rotatable bonds is 5. The average molecular weight is 395 g/mol. The molecule has 2 atom stereocenters. The molecular formula is C19H30N4O3S. The van der Waals surface area contributed by atoms with Gasteiger partial charge in [0.25, 0.3) is 5.91 Å². The number of nitrogens with zero attached hydrogens (tertiary/aromatic N) is 2. The van der Waals surface area contributed by atoms with Crippen LogP contribution < -0.4 is 11.1 Å². The monoisotopic (exact) mass is 394 g/mol. The van der Waals surface area contributed by atoms with E-state index in [0.29, 0.717) is 18.5 Å². The Bertz CT molecular complexity index is 792. The number of benzene rings is 1. The molecule has 0 saturated carbocycles. The van der Waals surface area contributed by atoms with Crippen molar-refractivity contribution >= 4 is 21.6 Å². The molecule has 2 aliphatic rings. The molecule has 8 heteroatoms. The maximum atomic E-state index is 12.7. The molecule has 1 aromatic rings. The van der Waals surface area contributed by atoms with Gasteiger partial charge >= 0.3 is 0 Å². The van der Waals surface area contributed by atoms with Gasteiger partial charge in [-0.15, -0.1) is 0 Å². The number of piperidine rings is 2. The first-order valence-electron chi connectivity index (χ1n) is 9.64. The quantitative estimate of drug-likeness (QED) is 0.738. The van der Waals surface area contributed by atoms with E-state index < -0.39 is 10.0 Å². The summed E-state index contributed by atoms with van der Waals surface area (Å²) >= 11 is 0. The molecule has 0 aromatic heterocycles. The lowest BCUT2D eigenvalue weighted by molar-refractivity contribution is 0.0575. The number of hydrogen-bond donors (Lipinski definition) is 2. The van der Waals surface area contributed by atoms with Crippen molar-refractivity contribution in [2.45, 2.75) is 43.0 Å². The van der Waals surface area contributed by atoms with E-state index in [1.165, 1.54) is 58.0 Å². The number of carbonyl (C=O) groups excluding carboxylic acids is 1. The van der Waals surface area contributed by atoms with Crippen molar-refractivity contribution in [2.75, 3.05) is 39.5 Å². The molecule has 1 amide bonds. The molecular weight excluding hydrogens is 364 g/mol. The molecule has 2 saturated heterocycles. The summed E-state index contributed by atoms with van der Waals surface area (Å²) in [4.78, 5) is 15.3. The van der Waals surface area contributed by atoms with Crippen LogP contribution >= 0.6 is 0 Å². The fraction of sp³-hybridized carbons (Fsp3) is 0.632. The molecule has 2 fully saturated rings. The van der Waals surface area contributed by atoms with Crippen molar-refractivity contribution < 1.29 is 13.2 Å². The van der Waals surface area contributed by atoms with Crippen LogP contribution in [0.15, 0.2) is 23.1 Å². The summed E-state index contributed by atoms with van der Waals surface area (Å²) in [5.74, 6) is 0.180. The molecule has 3 N–H and O–H groups in total. The van der Waals surface area contributed by atoms with E-state index in [2.05, 4.69) is 10.2 Å². The van der Waals surface area contributed by atoms with Crippen LogP contribution in [0, 0.1) is 5.92 Å². The van der Waals surface area contributed by atoms with Crippen molar-refractivity contribution in [1.29, 1.82) is 0 Å². The van der Waals surface area contributed by atoms with Gasteiger partial charge in [-0.05, 0) is 62.9 Å². The van der Waals surface area contributed by atoms with Gasteiger partial charge in [-0.2, -0.15) is 0 Å². The van der Waals surface area contributed by atoms with Crippen molar-refractivity contribution in [1.82, 2.24) is 14.5 Å². The smallest absolute Gasteiger partial charge is 0.251 e. The molecule has 1 aromatic carbocycles. The standard InChI is InChI=1S/C19H30N4O3S/c1-22(2)27(25,26)17-11-15(10-16(20)12-17)19(24)21-13-14-6-5-9-23-8-4-3-7-18(14)23/h10-12,14,18H,3-9,13,20H2,1-2H3,(H,21,24)/t14-,18+/m0/s1. The molecule has 0 aliphatic carbocycles. The van der Waals surface area contributed by atoms with Crippen LogP contribution in [0.1, 0.15) is 42.5 Å². The SMILES string of the molecule is CN(C)S(=O)(=O)c1cc(N)cc(C(=O)NC[C@@H]2CCCN3CCCC[C@H]23)c1. The van der Waals surface area contributed by atoms with E-state index in [9.17, 15) is 13.2 Å². The number of fused-ring (bicyclic) bond motifs is 1. The predicted octanol–water partition coefficient (Wildman–Crippen LogP) is 1.51. The number of anilines is 1. The summed E-state index contributed by atoms with van der Waals surface area (Å²) in [6, 6.07) is 4.86. The van der Waals surface area contributed by atoms with E-state index in [4.69, 9.17) is 5.73 Å². The Kier molecular flexibility index (Phi) is 6.08. The lowest BCUT2D eigenvalue weighted by atomic mass is 9.83. The first-order chi connectivity index (χ1) is 12.8. The molecule has 0 radical (unpaired) electrons. The number of hydrogen-bond acceptors (Lipinski definition) is 5. The van der Waals surface area contributed by atoms with Crippen LogP contribution in [0.25, 0.3) is 0 Å². The number of nitrogens with one attached hydrogen (secondary N) is 1. The number of sulfonamides is 1. The minimum Gasteiger partial charge on any atom is -0.399 e. The second-order valence-electron chi connectivity index (χ2n) is 7.79. The molecule has 7 nitrogen and oxygen atoms in total. The van der Waals surface area contributed by atoms with Gasteiger partial charge in [0, 0.05) is 37.9 Å². The van der Waals surface area contributed by atoms with Gasteiger partial charge < -0.3 is 16.0 Å². The topological polar surface area (TPSA) is 95.7 Å². The fourth-order valence-electron chi connectivity index (χ4n) is 4.25. The maximum absolute atomic E-state index is 12.7. The zero-order valence-corrected chi connectivity index (χ0v) is 17.0. The van der Waals surface area contributed by atoms with Crippen molar-refractivity contribution in [2.24, 2.45) is 5.92 Å². The van der Waals surface area contributed by atoms with Gasteiger partial charge in [-0.1, -0.05) is 6.42 Å². The molecule has 2 aliphatic heterocycles. The summed E-state index contributed by atoms with van der Waals surface area (Å²) in [5.41, 5.74) is 6.40. The van der Waals surface area contributed by atoms with Crippen LogP contribution in [-0.2, 0) is 10.0 Å². The summed E-state index contributed by atoms with van der Waals surface area (Å²) in [7, 11) is -0.729. The lowest BCUT2D eigenvalue weighted by Gasteiger charge is -2.44. The largest absolute Gasteiger partial charge is 0.399 e. The van der Waals surface area contributed by atoms with E-state index in [1.807, 2.05) is 0 Å². The minimum absolute atomic E-state index is 0.0359. The highest BCUT2D eigenvalue weighted by molar-refractivity contribution is 7.89. The van der Waals surface area contributed by atoms with Gasteiger partial charge in [-0.25, -0.2) is 12.7 Å². The average Bonchev–Trinajstić information content (AvgIpc) is 2.65. The van der Waals surface area contributed by atoms with Gasteiger partial charge in [-0.3, -0.25) is 4.79 Å². The Labute approximate surface area is 161 Å². The first-order valence-corrected chi connectivity index (χ1v) is 11.1. The van der Waals surface area contributed by atoms with E-state index in [-0.39, 0.29) is 22.1 Å². The Morgan fingerprint density at radius 2 is 1.93 bits per heavy atom. The van der Waals surface area contributed by atoms with E-state index in [0.717, 1.165) is 23.8 Å². The highest BCUT2D eigenvalue weighted by Crippen LogP contribution is 2.30. The molecule has 0 spiro atoms. The van der Waals surface area contributed by atoms with Gasteiger partial charge in [0.15, 0.2) is 0 Å². The van der Waals surface area contributed by atoms with Crippen molar-refractivity contribution in [3.8, 4) is 0 Å². The number of nitrogens with two attached hydrogens (primary N) is 1. The Hall–Kier alpha value is -1.64. The lowest BCUT2D eigenvalue weighted by Crippen LogP contribution is -2.51. The zero-order valence-electron chi connectivity index (χ0n) is 16.1. The van der Waals surface area contributed by atoms with Crippen LogP contribution in [0.4, 0.5) is 5.69 Å². The van der Waals surface area contributed by atoms with Crippen molar-refractivity contribution in [3.63, 3.8) is 0 Å². The highest BCUT2D eigenvalue weighted by atomic mass is 32.2. The summed E-state index contributed by atoms with van der Waals surface area (Å²) in [6.45, 7) is 2.94. The fourth-order valence-corrected chi connectivity index (χ4v) is 5.24. The third-order valence-electron chi connectivity index (χ3n) is 5.72. The van der Waals surface area contributed by atoms with E-state index in [1.54, 1.807) is 0 Å². The molecule has 27 heavy (non-hydrogen) atoms. The molecule has 2 heterocycles. The van der Waals surface area contributed by atoms with Crippen molar-refractivity contribution in [3.05, 3.63) is 23.8 Å². The molecule has 3 rings (SSSR count). The minimum atomic E-state index is -3.64. The number of amides is 1. The predicted molar refractivity (Wildman–Crippen MR) is 106 cm³/mol. The van der Waals surface area contributed by atoms with Gasteiger partial charge in [0.1, 0.15) is 0 Å².